The first-order chi connectivity index (χ1) is 15.5. The highest BCUT2D eigenvalue weighted by Crippen LogP contribution is 2.39. The van der Waals surface area contributed by atoms with E-state index in [-0.39, 0.29) is 18.2 Å². The average Bonchev–Trinajstić information content (AvgIpc) is 3.27. The Morgan fingerprint density at radius 1 is 1.27 bits per heavy atom. The van der Waals surface area contributed by atoms with Crippen LogP contribution < -0.4 is 5.32 Å². The van der Waals surface area contributed by atoms with Gasteiger partial charge in [-0.2, -0.15) is 9.61 Å². The van der Waals surface area contributed by atoms with Crippen molar-refractivity contribution in [3.8, 4) is 0 Å². The lowest BCUT2D eigenvalue weighted by Gasteiger charge is -2.35. The van der Waals surface area contributed by atoms with Gasteiger partial charge in [-0.1, -0.05) is 25.7 Å². The Labute approximate surface area is 197 Å². The van der Waals surface area contributed by atoms with Crippen molar-refractivity contribution >= 4 is 31.2 Å². The molecule has 180 valence electrons. The lowest BCUT2D eigenvalue weighted by Crippen LogP contribution is -2.45. The molecule has 2 atom stereocenters. The Hall–Kier alpha value is -2.39. The number of nitrogens with zero attached hydrogens (tertiary/aromatic N) is 4. The second-order valence-electron chi connectivity index (χ2n) is 11.3. The van der Waals surface area contributed by atoms with Crippen molar-refractivity contribution in [3.63, 3.8) is 0 Å². The van der Waals surface area contributed by atoms with E-state index in [1.807, 2.05) is 37.8 Å². The third kappa shape index (κ3) is 5.76. The molecule has 0 radical (unpaired) electrons. The summed E-state index contributed by atoms with van der Waals surface area (Å²) in [7, 11) is -1.11. The molecular formula is C24H37N5O3Si. The van der Waals surface area contributed by atoms with Crippen molar-refractivity contribution in [1.29, 1.82) is 0 Å². The van der Waals surface area contributed by atoms with Crippen LogP contribution in [0.5, 0.6) is 0 Å². The zero-order valence-corrected chi connectivity index (χ0v) is 21.7. The Bertz CT molecular complexity index is 1040. The zero-order chi connectivity index (χ0) is 23.8. The van der Waals surface area contributed by atoms with Gasteiger partial charge >= 0.3 is 6.09 Å². The fraction of sp³-hybridized carbons (Fsp3) is 0.625. The van der Waals surface area contributed by atoms with Crippen molar-refractivity contribution in [3.05, 3.63) is 30.1 Å². The maximum absolute atomic E-state index is 12.8. The number of rotatable bonds is 7. The molecule has 2 aromatic rings. The fourth-order valence-electron chi connectivity index (χ4n) is 4.40. The van der Waals surface area contributed by atoms with E-state index in [1.165, 1.54) is 5.57 Å². The molecule has 0 saturated carbocycles. The van der Waals surface area contributed by atoms with Crippen molar-refractivity contribution in [1.82, 2.24) is 19.5 Å². The van der Waals surface area contributed by atoms with Crippen LogP contribution >= 0.6 is 0 Å². The van der Waals surface area contributed by atoms with Crippen LogP contribution in [-0.4, -0.2) is 64.7 Å². The van der Waals surface area contributed by atoms with E-state index in [1.54, 1.807) is 10.7 Å². The molecule has 8 nitrogen and oxygen atoms in total. The number of hydrogen-bond donors (Lipinski definition) is 1. The number of ether oxygens (including phenoxy) is 2. The minimum atomic E-state index is -1.11. The van der Waals surface area contributed by atoms with E-state index < -0.39 is 13.7 Å². The summed E-state index contributed by atoms with van der Waals surface area (Å²) < 4.78 is 13.3. The topological polar surface area (TPSA) is 81.0 Å². The summed E-state index contributed by atoms with van der Waals surface area (Å²) in [5.41, 5.74) is 2.40. The SMILES string of the molecule is CC(C)(C)OC(=O)N1[C@@H]2CC[C@H]1C=C(c1cc(NCOCC[Si](C)(C)C)n3nccc3n1)C2. The van der Waals surface area contributed by atoms with E-state index in [2.05, 4.69) is 36.1 Å². The van der Waals surface area contributed by atoms with Gasteiger partial charge in [-0.15, -0.1) is 0 Å². The van der Waals surface area contributed by atoms with Crippen LogP contribution in [0.1, 0.15) is 45.7 Å². The van der Waals surface area contributed by atoms with Gasteiger partial charge in [0, 0.05) is 32.9 Å². The van der Waals surface area contributed by atoms with Gasteiger partial charge in [0.05, 0.1) is 17.9 Å². The van der Waals surface area contributed by atoms with Crippen molar-refractivity contribution in [2.24, 2.45) is 0 Å². The molecule has 1 N–H and O–H groups in total. The van der Waals surface area contributed by atoms with E-state index in [4.69, 9.17) is 14.5 Å². The molecule has 1 fully saturated rings. The third-order valence-electron chi connectivity index (χ3n) is 6.04. The minimum absolute atomic E-state index is 0.0536. The summed E-state index contributed by atoms with van der Waals surface area (Å²) in [4.78, 5) is 19.5. The molecule has 0 aliphatic carbocycles. The normalized spacial score (nSPS) is 20.8. The third-order valence-corrected chi connectivity index (χ3v) is 7.74. The highest BCUT2D eigenvalue weighted by Gasteiger charge is 2.42. The van der Waals surface area contributed by atoms with Gasteiger partial charge in [0.2, 0.25) is 0 Å². The van der Waals surface area contributed by atoms with Crippen molar-refractivity contribution in [2.45, 2.75) is 83.4 Å². The molecular weight excluding hydrogens is 434 g/mol. The minimum Gasteiger partial charge on any atom is -0.444 e. The predicted octanol–water partition coefficient (Wildman–Crippen LogP) is 5.01. The van der Waals surface area contributed by atoms with Gasteiger partial charge in [-0.3, -0.25) is 4.90 Å². The summed E-state index contributed by atoms with van der Waals surface area (Å²) in [6, 6.07) is 5.28. The Morgan fingerprint density at radius 3 is 2.76 bits per heavy atom. The lowest BCUT2D eigenvalue weighted by atomic mass is 9.98. The second kappa shape index (κ2) is 9.10. The van der Waals surface area contributed by atoms with Gasteiger partial charge in [0.25, 0.3) is 0 Å². The van der Waals surface area contributed by atoms with Gasteiger partial charge < -0.3 is 14.8 Å². The standard InChI is InChI=1S/C24H37N5O3Si/c1-24(2,3)32-23(30)28-18-7-8-19(28)14-17(13-18)20-15-22(29-21(27-20)9-10-26-29)25-16-31-11-12-33(4,5)6/h9-10,13,15,18-19,25H,7-8,11-12,14,16H2,1-6H3/t18-,19+/m0/s1. The van der Waals surface area contributed by atoms with Crippen LogP contribution in [-0.2, 0) is 9.47 Å². The molecule has 1 saturated heterocycles. The van der Waals surface area contributed by atoms with Crippen LogP contribution in [0, 0.1) is 0 Å². The largest absolute Gasteiger partial charge is 0.444 e. The van der Waals surface area contributed by atoms with E-state index in [0.29, 0.717) is 6.73 Å². The molecule has 4 heterocycles. The molecule has 0 aromatic carbocycles. The number of carbonyl (C=O) groups is 1. The molecule has 9 heteroatoms. The number of amides is 1. The van der Waals surface area contributed by atoms with E-state index in [0.717, 1.165) is 49.1 Å². The molecule has 0 spiro atoms. The number of aromatic nitrogens is 3. The fourth-order valence-corrected chi connectivity index (χ4v) is 5.15. The Balaban J connectivity index is 1.50. The number of fused-ring (bicyclic) bond motifs is 3. The first-order valence-corrected chi connectivity index (χ1v) is 15.6. The van der Waals surface area contributed by atoms with Crippen LogP contribution in [0.2, 0.25) is 25.7 Å². The smallest absolute Gasteiger partial charge is 0.411 e. The summed E-state index contributed by atoms with van der Waals surface area (Å²) >= 11 is 0. The average molecular weight is 472 g/mol. The Morgan fingerprint density at radius 2 is 2.06 bits per heavy atom. The highest BCUT2D eigenvalue weighted by molar-refractivity contribution is 6.76. The summed E-state index contributed by atoms with van der Waals surface area (Å²) in [6.45, 7) is 14.0. The highest BCUT2D eigenvalue weighted by atomic mass is 28.3. The summed E-state index contributed by atoms with van der Waals surface area (Å²) in [5.74, 6) is 0.857. The van der Waals surface area contributed by atoms with Crippen LogP contribution in [0.15, 0.2) is 24.4 Å². The quantitative estimate of drug-likeness (QED) is 0.347. The molecule has 1 amide bonds. The molecule has 2 bridgehead atoms. The van der Waals surface area contributed by atoms with Gasteiger partial charge in [-0.05, 0) is 51.7 Å². The van der Waals surface area contributed by atoms with Gasteiger partial charge in [0.15, 0.2) is 5.65 Å². The Kier molecular flexibility index (Phi) is 6.55. The molecule has 4 rings (SSSR count). The summed E-state index contributed by atoms with van der Waals surface area (Å²) in [5, 5.41) is 7.78. The molecule has 2 aromatic heterocycles. The predicted molar refractivity (Wildman–Crippen MR) is 133 cm³/mol. The first kappa shape index (κ1) is 23.8. The maximum Gasteiger partial charge on any atom is 0.411 e. The van der Waals surface area contributed by atoms with E-state index >= 15 is 0 Å². The van der Waals surface area contributed by atoms with Gasteiger partial charge in [-0.25, -0.2) is 9.78 Å². The van der Waals surface area contributed by atoms with Crippen molar-refractivity contribution < 1.29 is 14.3 Å². The van der Waals surface area contributed by atoms with E-state index in [9.17, 15) is 4.79 Å². The van der Waals surface area contributed by atoms with Crippen LogP contribution in [0.25, 0.3) is 11.2 Å². The van der Waals surface area contributed by atoms with Crippen LogP contribution in [0.4, 0.5) is 10.6 Å². The maximum atomic E-state index is 12.8. The number of nitrogens with one attached hydrogen (secondary N) is 1. The first-order valence-electron chi connectivity index (χ1n) is 11.9. The molecule has 2 aliphatic heterocycles. The van der Waals surface area contributed by atoms with Crippen molar-refractivity contribution in [2.75, 3.05) is 18.7 Å². The molecule has 33 heavy (non-hydrogen) atoms. The number of hydrogen-bond acceptors (Lipinski definition) is 6. The monoisotopic (exact) mass is 471 g/mol. The van der Waals surface area contributed by atoms with Gasteiger partial charge in [0.1, 0.15) is 18.1 Å². The molecule has 0 unspecified atom stereocenters. The second-order valence-corrected chi connectivity index (χ2v) is 16.9. The zero-order valence-electron chi connectivity index (χ0n) is 20.7. The molecule has 2 aliphatic rings. The lowest BCUT2D eigenvalue weighted by molar-refractivity contribution is 0.0175. The number of anilines is 1. The van der Waals surface area contributed by atoms with Crippen LogP contribution in [0.3, 0.4) is 0 Å². The number of carbonyl (C=O) groups excluding carboxylic acids is 1. The summed E-state index contributed by atoms with van der Waals surface area (Å²) in [6.07, 6.45) is 6.44.